The van der Waals surface area contributed by atoms with E-state index in [2.05, 4.69) is 0 Å². The molecule has 0 amide bonds. The first kappa shape index (κ1) is 24.9. The number of rotatable bonds is 9. The fourth-order valence-corrected chi connectivity index (χ4v) is 5.93. The van der Waals surface area contributed by atoms with E-state index in [-0.39, 0.29) is 10.5 Å². The van der Waals surface area contributed by atoms with E-state index in [1.54, 1.807) is 31.2 Å². The van der Waals surface area contributed by atoms with E-state index >= 15 is 0 Å². The van der Waals surface area contributed by atoms with Gasteiger partial charge in [-0.25, -0.2) is 16.8 Å². The van der Waals surface area contributed by atoms with Gasteiger partial charge in [0.1, 0.15) is 6.54 Å². The summed E-state index contributed by atoms with van der Waals surface area (Å²) in [6.07, 6.45) is 2.62. The van der Waals surface area contributed by atoms with E-state index in [0.717, 1.165) is 23.4 Å². The molecule has 0 saturated carbocycles. The Morgan fingerprint density at radius 3 is 2.15 bits per heavy atom. The Balaban J connectivity index is 1.63. The largest absolute Gasteiger partial charge is 0.456 e. The van der Waals surface area contributed by atoms with Crippen molar-refractivity contribution in [3.05, 3.63) is 59.7 Å². The van der Waals surface area contributed by atoms with Crippen LogP contribution in [0.1, 0.15) is 28.8 Å². The third-order valence-electron chi connectivity index (χ3n) is 5.30. The number of hydrogen-bond donors (Lipinski definition) is 0. The topological polar surface area (TPSA) is 118 Å². The number of esters is 1. The molecule has 11 heteroatoms. The van der Waals surface area contributed by atoms with E-state index in [9.17, 15) is 26.4 Å². The summed E-state index contributed by atoms with van der Waals surface area (Å²) in [5, 5.41) is 0. The summed E-state index contributed by atoms with van der Waals surface area (Å²) in [4.78, 5) is 24.8. The average molecular weight is 495 g/mol. The lowest BCUT2D eigenvalue weighted by molar-refractivity contribution is -0.140. The quantitative estimate of drug-likeness (QED) is 0.386. The predicted molar refractivity (Wildman–Crippen MR) is 123 cm³/mol. The van der Waals surface area contributed by atoms with Crippen molar-refractivity contribution < 1.29 is 31.2 Å². The summed E-state index contributed by atoms with van der Waals surface area (Å²) in [6, 6.07) is 12.1. The van der Waals surface area contributed by atoms with Crippen molar-refractivity contribution in [1.82, 2.24) is 4.31 Å². The third kappa shape index (κ3) is 5.98. The monoisotopic (exact) mass is 494 g/mol. The molecule has 1 fully saturated rings. The van der Waals surface area contributed by atoms with Gasteiger partial charge in [0.15, 0.2) is 12.4 Å². The second-order valence-corrected chi connectivity index (χ2v) is 11.6. The van der Waals surface area contributed by atoms with Crippen molar-refractivity contribution in [2.75, 3.05) is 36.8 Å². The normalized spacial score (nSPS) is 14.7. The lowest BCUT2D eigenvalue weighted by atomic mass is 10.1. The second kappa shape index (κ2) is 10.0. The minimum Gasteiger partial charge on any atom is -0.456 e. The first-order valence-corrected chi connectivity index (χ1v) is 13.6. The van der Waals surface area contributed by atoms with Crippen LogP contribution in [0.5, 0.6) is 0 Å². The molecule has 2 aromatic rings. The molecule has 1 aliphatic heterocycles. The number of Topliss-reactive ketones (excluding diaryl/α,β-unsaturated/α-hetero) is 1. The molecule has 0 atom stereocenters. The van der Waals surface area contributed by atoms with Gasteiger partial charge in [0.05, 0.1) is 16.8 Å². The predicted octanol–water partition coefficient (Wildman–Crippen LogP) is 1.97. The number of ether oxygens (including phenoxy) is 1. The minimum absolute atomic E-state index is 0.0972. The van der Waals surface area contributed by atoms with Crippen molar-refractivity contribution >= 4 is 37.5 Å². The highest BCUT2D eigenvalue weighted by molar-refractivity contribution is 7.92. The second-order valence-electron chi connectivity index (χ2n) is 7.78. The van der Waals surface area contributed by atoms with Crippen LogP contribution in [0.4, 0.5) is 5.69 Å². The Labute approximate surface area is 194 Å². The van der Waals surface area contributed by atoms with E-state index in [4.69, 9.17) is 4.74 Å². The van der Waals surface area contributed by atoms with Crippen LogP contribution < -0.4 is 4.31 Å². The average Bonchev–Trinajstić information content (AvgIpc) is 3.32. The fraction of sp³-hybridized carbons (Fsp3) is 0.364. The van der Waals surface area contributed by atoms with Crippen LogP contribution in [0.3, 0.4) is 0 Å². The van der Waals surface area contributed by atoms with E-state index in [1.165, 1.54) is 28.6 Å². The van der Waals surface area contributed by atoms with Crippen LogP contribution >= 0.6 is 0 Å². The van der Waals surface area contributed by atoms with Gasteiger partial charge in [0.2, 0.25) is 20.0 Å². The summed E-state index contributed by atoms with van der Waals surface area (Å²) in [7, 11) is -7.36. The van der Waals surface area contributed by atoms with Gasteiger partial charge in [-0.05, 0) is 55.7 Å². The van der Waals surface area contributed by atoms with Gasteiger partial charge in [-0.1, -0.05) is 18.2 Å². The number of ketones is 1. The highest BCUT2D eigenvalue weighted by atomic mass is 32.2. The zero-order valence-corrected chi connectivity index (χ0v) is 20.1. The van der Waals surface area contributed by atoms with Crippen LogP contribution in [0.2, 0.25) is 0 Å². The molecule has 1 heterocycles. The van der Waals surface area contributed by atoms with Crippen LogP contribution in [-0.4, -0.2) is 65.4 Å². The smallest absolute Gasteiger partial charge is 0.327 e. The van der Waals surface area contributed by atoms with E-state index < -0.39 is 45.0 Å². The summed E-state index contributed by atoms with van der Waals surface area (Å²) in [6.45, 7) is 1.50. The van der Waals surface area contributed by atoms with E-state index in [0.29, 0.717) is 24.3 Å². The molecular weight excluding hydrogens is 468 g/mol. The van der Waals surface area contributed by atoms with Crippen LogP contribution in [0, 0.1) is 6.92 Å². The lowest BCUT2D eigenvalue weighted by Gasteiger charge is -2.23. The number of benzene rings is 2. The highest BCUT2D eigenvalue weighted by Crippen LogP contribution is 2.23. The van der Waals surface area contributed by atoms with Gasteiger partial charge in [-0.3, -0.25) is 13.9 Å². The molecule has 1 aliphatic rings. The number of hydrogen-bond acceptors (Lipinski definition) is 7. The van der Waals surface area contributed by atoms with Crippen LogP contribution in [0.15, 0.2) is 53.4 Å². The molecule has 0 unspecified atom stereocenters. The zero-order valence-electron chi connectivity index (χ0n) is 18.4. The number of carbonyl (C=O) groups is 2. The Bertz CT molecular complexity index is 1230. The van der Waals surface area contributed by atoms with Crippen molar-refractivity contribution in [2.24, 2.45) is 0 Å². The molecule has 0 aliphatic carbocycles. The van der Waals surface area contributed by atoms with Gasteiger partial charge in [-0.15, -0.1) is 0 Å². The maximum atomic E-state index is 12.6. The summed E-state index contributed by atoms with van der Waals surface area (Å²) < 4.78 is 56.9. The van der Waals surface area contributed by atoms with Gasteiger partial charge in [0, 0.05) is 18.7 Å². The molecule has 3 rings (SSSR count). The molecule has 1 saturated heterocycles. The van der Waals surface area contributed by atoms with Gasteiger partial charge >= 0.3 is 5.97 Å². The number of nitrogens with zero attached hydrogens (tertiary/aromatic N) is 2. The van der Waals surface area contributed by atoms with Gasteiger partial charge < -0.3 is 4.74 Å². The van der Waals surface area contributed by atoms with Crippen molar-refractivity contribution in [2.45, 2.75) is 24.7 Å². The standard InChI is InChI=1S/C22H26N2O7S2/c1-17-7-3-4-8-20(17)24(32(2,27)28)15-22(26)31-16-21(25)18-9-11-19(12-10-18)33(29,30)23-13-5-6-14-23/h3-4,7-12H,5-6,13-16H2,1-2H3. The SMILES string of the molecule is Cc1ccccc1N(CC(=O)OCC(=O)c1ccc(S(=O)(=O)N2CCCC2)cc1)S(C)(=O)=O. The first-order chi connectivity index (χ1) is 15.5. The van der Waals surface area contributed by atoms with Crippen LogP contribution in [0.25, 0.3) is 0 Å². The highest BCUT2D eigenvalue weighted by Gasteiger charge is 2.27. The lowest BCUT2D eigenvalue weighted by Crippen LogP contribution is -2.36. The molecule has 0 aromatic heterocycles. The zero-order chi connectivity index (χ0) is 24.2. The molecule has 0 N–H and O–H groups in total. The van der Waals surface area contributed by atoms with Crippen LogP contribution in [-0.2, 0) is 29.6 Å². The molecule has 33 heavy (non-hydrogen) atoms. The van der Waals surface area contributed by atoms with Gasteiger partial charge in [0.25, 0.3) is 0 Å². The summed E-state index contributed by atoms with van der Waals surface area (Å²) >= 11 is 0. The molecule has 2 aromatic carbocycles. The number of carbonyl (C=O) groups excluding carboxylic acids is 2. The molecule has 0 spiro atoms. The Hall–Kier alpha value is -2.76. The molecule has 178 valence electrons. The number of para-hydroxylation sites is 1. The maximum Gasteiger partial charge on any atom is 0.327 e. The van der Waals surface area contributed by atoms with E-state index in [1.807, 2.05) is 0 Å². The van der Waals surface area contributed by atoms with Crippen molar-refractivity contribution in [3.63, 3.8) is 0 Å². The molecule has 9 nitrogen and oxygen atoms in total. The number of anilines is 1. The number of aryl methyl sites for hydroxylation is 1. The maximum absolute atomic E-state index is 12.6. The Kier molecular flexibility index (Phi) is 7.55. The molecular formula is C22H26N2O7S2. The number of sulfonamides is 2. The summed E-state index contributed by atoms with van der Waals surface area (Å²) in [5.41, 5.74) is 1.19. The van der Waals surface area contributed by atoms with Gasteiger partial charge in [-0.2, -0.15) is 4.31 Å². The summed E-state index contributed by atoms with van der Waals surface area (Å²) in [5.74, 6) is -1.42. The Morgan fingerprint density at radius 2 is 1.58 bits per heavy atom. The third-order valence-corrected chi connectivity index (χ3v) is 8.34. The minimum atomic E-state index is -3.77. The molecule has 0 radical (unpaired) electrons. The Morgan fingerprint density at radius 1 is 0.970 bits per heavy atom. The van der Waals surface area contributed by atoms with Crippen molar-refractivity contribution in [3.8, 4) is 0 Å². The molecule has 0 bridgehead atoms. The fourth-order valence-electron chi connectivity index (χ4n) is 3.51. The van der Waals surface area contributed by atoms with Crippen molar-refractivity contribution in [1.29, 1.82) is 0 Å². The first-order valence-electron chi connectivity index (χ1n) is 10.3.